The van der Waals surface area contributed by atoms with E-state index in [0.717, 1.165) is 51.6 Å². The molecule has 3 N–H and O–H groups in total. The molecule has 47 heavy (non-hydrogen) atoms. The Morgan fingerprint density at radius 2 is 1.81 bits per heavy atom. The molecule has 0 unspecified atom stereocenters. The monoisotopic (exact) mass is 635 g/mol. The van der Waals surface area contributed by atoms with Crippen LogP contribution in [0.15, 0.2) is 85.3 Å². The molecule has 9 nitrogen and oxygen atoms in total. The number of hydrogen-bond acceptors (Lipinski definition) is 4. The standard InChI is InChI=1S/C37H42FN7O2/c1-24(32-21-39-33-8-6-5-7-31(32)33)35(42-37(47)45-17-15-27(16-18-45)26-10-12-29(38)13-11-26)36(46)41-34-19-25(22-43(2)3)9-14-30(34)28-20-40-44(4)23-28/h5-14,19-21,23-24,27,35,39H,15-18,22H2,1-4H3,(H,41,46)(H,42,47)/t24-,35-/m1/s1. The van der Waals surface area contributed by atoms with E-state index >= 15 is 0 Å². The predicted molar refractivity (Wildman–Crippen MR) is 184 cm³/mol. The second kappa shape index (κ2) is 13.8. The summed E-state index contributed by atoms with van der Waals surface area (Å²) in [7, 11) is 5.87. The highest BCUT2D eigenvalue weighted by Crippen LogP contribution is 2.33. The van der Waals surface area contributed by atoms with Gasteiger partial charge in [-0.3, -0.25) is 9.48 Å². The van der Waals surface area contributed by atoms with E-state index in [1.54, 1.807) is 15.8 Å². The zero-order valence-corrected chi connectivity index (χ0v) is 27.3. The largest absolute Gasteiger partial charge is 0.361 e. The van der Waals surface area contributed by atoms with Gasteiger partial charge in [0.05, 0.1) is 6.20 Å². The van der Waals surface area contributed by atoms with Crippen LogP contribution in [0.2, 0.25) is 0 Å². The number of amides is 3. The van der Waals surface area contributed by atoms with Crippen LogP contribution in [0.25, 0.3) is 22.0 Å². The molecular formula is C37H42FN7O2. The van der Waals surface area contributed by atoms with Gasteiger partial charge in [0.15, 0.2) is 0 Å². The summed E-state index contributed by atoms with van der Waals surface area (Å²) in [5.74, 6) is -0.649. The smallest absolute Gasteiger partial charge is 0.318 e. The molecular weight excluding hydrogens is 593 g/mol. The van der Waals surface area contributed by atoms with Crippen molar-refractivity contribution in [3.8, 4) is 11.1 Å². The van der Waals surface area contributed by atoms with E-state index in [4.69, 9.17) is 0 Å². The number of carbonyl (C=O) groups is 2. The van der Waals surface area contributed by atoms with Gasteiger partial charge in [-0.25, -0.2) is 9.18 Å². The van der Waals surface area contributed by atoms with Gasteiger partial charge in [0.1, 0.15) is 11.9 Å². The summed E-state index contributed by atoms with van der Waals surface area (Å²) in [6, 6.07) is 19.5. The lowest BCUT2D eigenvalue weighted by atomic mass is 9.89. The number of urea groups is 1. The van der Waals surface area contributed by atoms with Crippen LogP contribution in [-0.2, 0) is 18.4 Å². The fraction of sp³-hybridized carbons (Fsp3) is 0.324. The maximum absolute atomic E-state index is 14.4. The quantitative estimate of drug-likeness (QED) is 0.173. The van der Waals surface area contributed by atoms with E-state index in [-0.39, 0.29) is 29.6 Å². The van der Waals surface area contributed by atoms with Crippen LogP contribution in [0.3, 0.4) is 0 Å². The lowest BCUT2D eigenvalue weighted by molar-refractivity contribution is -0.118. The van der Waals surface area contributed by atoms with Crippen molar-refractivity contribution in [3.63, 3.8) is 0 Å². The number of benzene rings is 3. The SMILES string of the molecule is C[C@H](c1c[nH]c2ccccc12)[C@@H](NC(=O)N1CCC(c2ccc(F)cc2)CC1)C(=O)Nc1cc(CN(C)C)ccc1-c1cnn(C)c1. The van der Waals surface area contributed by atoms with Crippen molar-refractivity contribution in [2.24, 2.45) is 7.05 Å². The number of fused-ring (bicyclic) bond motifs is 1. The van der Waals surface area contributed by atoms with E-state index in [2.05, 4.69) is 31.7 Å². The van der Waals surface area contributed by atoms with Gasteiger partial charge in [0, 0.05) is 72.7 Å². The predicted octanol–water partition coefficient (Wildman–Crippen LogP) is 6.47. The molecule has 2 atom stereocenters. The van der Waals surface area contributed by atoms with E-state index < -0.39 is 6.04 Å². The van der Waals surface area contributed by atoms with Crippen molar-refractivity contribution in [1.82, 2.24) is 29.9 Å². The third-order valence-corrected chi connectivity index (χ3v) is 9.15. The Morgan fingerprint density at radius 1 is 1.06 bits per heavy atom. The summed E-state index contributed by atoms with van der Waals surface area (Å²) in [6.45, 7) is 3.77. The first-order chi connectivity index (χ1) is 22.7. The van der Waals surface area contributed by atoms with Crippen molar-refractivity contribution >= 4 is 28.5 Å². The summed E-state index contributed by atoms with van der Waals surface area (Å²) in [5.41, 5.74) is 6.44. The molecule has 244 valence electrons. The number of H-pyrrole nitrogens is 1. The number of aromatic amines is 1. The zero-order valence-electron chi connectivity index (χ0n) is 27.3. The molecule has 3 amide bonds. The average molecular weight is 636 g/mol. The molecule has 0 bridgehead atoms. The van der Waals surface area contributed by atoms with E-state index in [1.807, 2.05) is 89.0 Å². The molecule has 1 saturated heterocycles. The zero-order chi connectivity index (χ0) is 33.1. The Balaban J connectivity index is 1.27. The molecule has 1 aliphatic rings. The number of piperidine rings is 1. The maximum Gasteiger partial charge on any atom is 0.318 e. The molecule has 3 heterocycles. The van der Waals surface area contributed by atoms with E-state index in [9.17, 15) is 14.0 Å². The van der Waals surface area contributed by atoms with Crippen molar-refractivity contribution in [1.29, 1.82) is 0 Å². The summed E-state index contributed by atoms with van der Waals surface area (Å²) < 4.78 is 15.2. The fourth-order valence-corrected chi connectivity index (χ4v) is 6.62. The number of nitrogens with one attached hydrogen (secondary N) is 3. The summed E-state index contributed by atoms with van der Waals surface area (Å²) in [4.78, 5) is 35.4. The number of aromatic nitrogens is 3. The molecule has 0 spiro atoms. The highest BCUT2D eigenvalue weighted by atomic mass is 19.1. The number of hydrogen-bond donors (Lipinski definition) is 3. The Bertz CT molecular complexity index is 1850. The van der Waals surface area contributed by atoms with Crippen LogP contribution in [0.4, 0.5) is 14.9 Å². The molecule has 5 aromatic rings. The molecule has 0 aliphatic carbocycles. The minimum absolute atomic E-state index is 0.254. The number of rotatable bonds is 9. The molecule has 2 aromatic heterocycles. The van der Waals surface area contributed by atoms with Gasteiger partial charge in [0.25, 0.3) is 0 Å². The topological polar surface area (TPSA) is 98.3 Å². The van der Waals surface area contributed by atoms with Crippen molar-refractivity contribution < 1.29 is 14.0 Å². The van der Waals surface area contributed by atoms with Crippen LogP contribution in [-0.4, -0.2) is 69.7 Å². The van der Waals surface area contributed by atoms with Crippen LogP contribution < -0.4 is 10.6 Å². The van der Waals surface area contributed by atoms with Gasteiger partial charge in [-0.2, -0.15) is 5.10 Å². The lowest BCUT2D eigenvalue weighted by Crippen LogP contribution is -2.53. The molecule has 3 aromatic carbocycles. The molecule has 6 rings (SSSR count). The molecule has 0 radical (unpaired) electrons. The number of para-hydroxylation sites is 1. The van der Waals surface area contributed by atoms with Crippen molar-refractivity contribution in [2.45, 2.75) is 44.2 Å². The number of likely N-dealkylation sites (tertiary alicyclic amines) is 1. The molecule has 10 heteroatoms. The summed E-state index contributed by atoms with van der Waals surface area (Å²) >= 11 is 0. The van der Waals surface area contributed by atoms with Gasteiger partial charge in [-0.15, -0.1) is 0 Å². The van der Waals surface area contributed by atoms with Gasteiger partial charge >= 0.3 is 6.03 Å². The number of nitrogens with zero attached hydrogens (tertiary/aromatic N) is 4. The Morgan fingerprint density at radius 3 is 2.51 bits per heavy atom. The Labute approximate surface area is 274 Å². The Hall–Kier alpha value is -4.96. The van der Waals surface area contributed by atoms with E-state index in [0.29, 0.717) is 25.3 Å². The van der Waals surface area contributed by atoms with Crippen LogP contribution in [0, 0.1) is 5.82 Å². The number of aryl methyl sites for hydroxylation is 1. The average Bonchev–Trinajstić information content (AvgIpc) is 3.70. The number of anilines is 1. The van der Waals surface area contributed by atoms with Crippen molar-refractivity contribution in [2.75, 3.05) is 32.5 Å². The highest BCUT2D eigenvalue weighted by molar-refractivity contribution is 6.01. The number of carbonyl (C=O) groups excluding carboxylic acids is 2. The van der Waals surface area contributed by atoms with Crippen LogP contribution in [0.5, 0.6) is 0 Å². The summed E-state index contributed by atoms with van der Waals surface area (Å²) in [6.07, 6.45) is 7.15. The minimum Gasteiger partial charge on any atom is -0.361 e. The van der Waals surface area contributed by atoms with E-state index in [1.165, 1.54) is 12.1 Å². The minimum atomic E-state index is -0.865. The first-order valence-electron chi connectivity index (χ1n) is 16.1. The van der Waals surface area contributed by atoms with Crippen LogP contribution in [0.1, 0.15) is 48.3 Å². The van der Waals surface area contributed by atoms with Gasteiger partial charge in [-0.1, -0.05) is 49.4 Å². The number of halogens is 1. The second-order valence-corrected chi connectivity index (χ2v) is 12.8. The third-order valence-electron chi connectivity index (χ3n) is 9.15. The first-order valence-corrected chi connectivity index (χ1v) is 16.1. The highest BCUT2D eigenvalue weighted by Gasteiger charge is 2.33. The first kappa shape index (κ1) is 32.0. The van der Waals surface area contributed by atoms with Gasteiger partial charge in [-0.05, 0) is 73.8 Å². The van der Waals surface area contributed by atoms with Crippen molar-refractivity contribution in [3.05, 3.63) is 108 Å². The van der Waals surface area contributed by atoms with Gasteiger partial charge < -0.3 is 25.4 Å². The lowest BCUT2D eigenvalue weighted by Gasteiger charge is -2.34. The second-order valence-electron chi connectivity index (χ2n) is 12.8. The third kappa shape index (κ3) is 7.23. The normalized spacial score (nSPS) is 15.1. The fourth-order valence-electron chi connectivity index (χ4n) is 6.62. The molecule has 1 fully saturated rings. The summed E-state index contributed by atoms with van der Waals surface area (Å²) in [5, 5.41) is 11.7. The maximum atomic E-state index is 14.4. The van der Waals surface area contributed by atoms with Gasteiger partial charge in [0.2, 0.25) is 5.91 Å². The molecule has 0 saturated carbocycles. The Kier molecular flexibility index (Phi) is 9.40. The molecule has 1 aliphatic heterocycles. The van der Waals surface area contributed by atoms with Crippen LogP contribution >= 0.6 is 0 Å².